The topological polar surface area (TPSA) is 75.9 Å². The van der Waals surface area contributed by atoms with Gasteiger partial charge in [-0.3, -0.25) is 9.20 Å². The zero-order valence-corrected chi connectivity index (χ0v) is 15.5. The van der Waals surface area contributed by atoms with Crippen molar-refractivity contribution in [3.8, 4) is 5.75 Å². The largest absolute Gasteiger partial charge is 0.490 e. The Morgan fingerprint density at radius 2 is 2.07 bits per heavy atom. The lowest BCUT2D eigenvalue weighted by atomic mass is 9.89. The van der Waals surface area contributed by atoms with E-state index >= 15 is 0 Å². The van der Waals surface area contributed by atoms with Crippen molar-refractivity contribution >= 4 is 11.6 Å². The second-order valence-electron chi connectivity index (χ2n) is 7.05. The molecule has 1 aliphatic rings. The fraction of sp³-hybridized carbons (Fsp3) is 0.300. The van der Waals surface area contributed by atoms with Crippen LogP contribution in [0.25, 0.3) is 5.65 Å². The summed E-state index contributed by atoms with van der Waals surface area (Å²) in [5.41, 5.74) is -0.0000115. The van der Waals surface area contributed by atoms with Crippen molar-refractivity contribution in [2.75, 3.05) is 0 Å². The molecule has 0 saturated heterocycles. The van der Waals surface area contributed by atoms with Crippen LogP contribution < -0.4 is 10.1 Å². The molecule has 0 radical (unpaired) electrons. The Morgan fingerprint density at radius 3 is 2.77 bits per heavy atom. The highest BCUT2D eigenvalue weighted by molar-refractivity contribution is 5.93. The molecule has 4 rings (SSSR count). The molecular formula is C20H17F4N3O3. The minimum Gasteiger partial charge on any atom is -0.490 e. The third-order valence-corrected chi connectivity index (χ3v) is 5.00. The Hall–Kier alpha value is -3.14. The minimum atomic E-state index is -4.80. The van der Waals surface area contributed by atoms with E-state index in [9.17, 15) is 27.5 Å². The van der Waals surface area contributed by atoms with Crippen LogP contribution >= 0.6 is 0 Å². The summed E-state index contributed by atoms with van der Waals surface area (Å²) in [6, 6.07) is 5.70. The summed E-state index contributed by atoms with van der Waals surface area (Å²) in [5.74, 6) is -1.79. The van der Waals surface area contributed by atoms with Crippen LogP contribution in [0.3, 0.4) is 0 Å². The van der Waals surface area contributed by atoms with Gasteiger partial charge in [0.05, 0.1) is 18.4 Å². The van der Waals surface area contributed by atoms with Gasteiger partial charge in [0.25, 0.3) is 5.91 Å². The van der Waals surface area contributed by atoms with Gasteiger partial charge in [-0.2, -0.15) is 13.2 Å². The van der Waals surface area contributed by atoms with E-state index in [1.807, 2.05) is 0 Å². The molecular weight excluding hydrogens is 406 g/mol. The number of halogens is 4. The first-order valence-electron chi connectivity index (χ1n) is 9.16. The Bertz CT molecular complexity index is 1090. The second-order valence-corrected chi connectivity index (χ2v) is 7.05. The van der Waals surface area contributed by atoms with Gasteiger partial charge in [-0.25, -0.2) is 9.37 Å². The molecule has 6 nitrogen and oxygen atoms in total. The van der Waals surface area contributed by atoms with Crippen molar-refractivity contribution in [1.82, 2.24) is 14.7 Å². The highest BCUT2D eigenvalue weighted by Gasteiger charge is 2.36. The van der Waals surface area contributed by atoms with Gasteiger partial charge in [-0.1, -0.05) is 6.07 Å². The molecule has 1 saturated carbocycles. The number of rotatable bonds is 5. The molecule has 0 atom stereocenters. The van der Waals surface area contributed by atoms with Crippen LogP contribution in [-0.4, -0.2) is 32.5 Å². The summed E-state index contributed by atoms with van der Waals surface area (Å²) in [7, 11) is 0. The number of ether oxygens (including phenoxy) is 1. The number of nitrogens with one attached hydrogen (secondary N) is 1. The van der Waals surface area contributed by atoms with Gasteiger partial charge < -0.3 is 15.2 Å². The fourth-order valence-corrected chi connectivity index (χ4v) is 3.39. The Balaban J connectivity index is 1.36. The van der Waals surface area contributed by atoms with Crippen molar-refractivity contribution in [3.05, 3.63) is 65.4 Å². The lowest BCUT2D eigenvalue weighted by molar-refractivity contribution is -0.140. The van der Waals surface area contributed by atoms with Gasteiger partial charge in [-0.15, -0.1) is 0 Å². The number of pyridine rings is 1. The number of carbonyl (C=O) groups excluding carboxylic acids is 1. The number of aromatic nitrogens is 2. The molecule has 2 N–H and O–H groups in total. The zero-order valence-electron chi connectivity index (χ0n) is 15.5. The number of hydrogen-bond donors (Lipinski definition) is 2. The molecule has 158 valence electrons. The van der Waals surface area contributed by atoms with E-state index in [2.05, 4.69) is 10.3 Å². The quantitative estimate of drug-likeness (QED) is 0.618. The third-order valence-electron chi connectivity index (χ3n) is 5.00. The number of hydrogen-bond acceptors (Lipinski definition) is 4. The summed E-state index contributed by atoms with van der Waals surface area (Å²) in [4.78, 5) is 16.7. The Labute approximate surface area is 168 Å². The number of imidazole rings is 1. The van der Waals surface area contributed by atoms with E-state index in [0.29, 0.717) is 35.8 Å². The zero-order chi connectivity index (χ0) is 21.5. The summed E-state index contributed by atoms with van der Waals surface area (Å²) in [6.07, 6.45) is -1.30. The molecule has 3 aromatic rings. The van der Waals surface area contributed by atoms with Crippen molar-refractivity contribution in [1.29, 1.82) is 0 Å². The highest BCUT2D eigenvalue weighted by atomic mass is 19.4. The number of aliphatic hydroxyl groups excluding tert-OH is 1. The molecule has 1 fully saturated rings. The van der Waals surface area contributed by atoms with Crippen molar-refractivity contribution in [2.45, 2.75) is 37.8 Å². The first kappa shape index (κ1) is 20.1. The maximum absolute atomic E-state index is 13.4. The van der Waals surface area contributed by atoms with Crippen LogP contribution in [0.1, 0.15) is 34.5 Å². The summed E-state index contributed by atoms with van der Waals surface area (Å²) >= 11 is 0. The summed E-state index contributed by atoms with van der Waals surface area (Å²) in [5, 5.41) is 12.2. The number of benzene rings is 1. The van der Waals surface area contributed by atoms with Crippen LogP contribution in [-0.2, 0) is 12.8 Å². The van der Waals surface area contributed by atoms with Gasteiger partial charge in [0, 0.05) is 30.6 Å². The van der Waals surface area contributed by atoms with Gasteiger partial charge in [0.1, 0.15) is 29.0 Å². The predicted octanol–water partition coefficient (Wildman–Crippen LogP) is 3.32. The first-order valence-corrected chi connectivity index (χ1v) is 9.16. The molecule has 0 unspecified atom stereocenters. The number of amides is 1. The molecule has 10 heteroatoms. The van der Waals surface area contributed by atoms with Gasteiger partial charge in [-0.05, 0) is 24.3 Å². The van der Waals surface area contributed by atoms with E-state index in [4.69, 9.17) is 4.74 Å². The number of fused-ring (bicyclic) bond motifs is 1. The lowest BCUT2D eigenvalue weighted by Crippen LogP contribution is -2.49. The van der Waals surface area contributed by atoms with Crippen LogP contribution in [0, 0.1) is 5.82 Å². The summed E-state index contributed by atoms with van der Waals surface area (Å²) in [6.45, 7) is -0.205. The standard InChI is InChI=1S/C20H17F4N3O3/c21-16-4-3-13(8-15(16)20(22,23)24)30-14-6-12(7-14)26-19(29)17-9-25-18-11(10-28)2-1-5-27(17)18/h1-5,8-9,12,14,28H,6-7,10H2,(H,26,29)/t12-,14-. The third kappa shape index (κ3) is 3.82. The van der Waals surface area contributed by atoms with Crippen LogP contribution in [0.15, 0.2) is 42.7 Å². The smallest absolute Gasteiger partial charge is 0.419 e. The average Bonchev–Trinajstić information content (AvgIpc) is 3.11. The van der Waals surface area contributed by atoms with E-state index in [1.165, 1.54) is 6.20 Å². The Morgan fingerprint density at radius 1 is 1.30 bits per heavy atom. The van der Waals surface area contributed by atoms with E-state index in [-0.39, 0.29) is 30.4 Å². The van der Waals surface area contributed by atoms with Crippen molar-refractivity contribution in [3.63, 3.8) is 0 Å². The van der Waals surface area contributed by atoms with Crippen molar-refractivity contribution < 1.29 is 32.2 Å². The summed E-state index contributed by atoms with van der Waals surface area (Å²) < 4.78 is 58.8. The number of nitrogens with zero attached hydrogens (tertiary/aromatic N) is 2. The molecule has 0 bridgehead atoms. The fourth-order valence-electron chi connectivity index (χ4n) is 3.39. The predicted molar refractivity (Wildman–Crippen MR) is 97.4 cm³/mol. The monoisotopic (exact) mass is 423 g/mol. The lowest BCUT2D eigenvalue weighted by Gasteiger charge is -2.35. The van der Waals surface area contributed by atoms with Crippen LogP contribution in [0.2, 0.25) is 0 Å². The van der Waals surface area contributed by atoms with Crippen molar-refractivity contribution in [2.24, 2.45) is 0 Å². The Kier molecular flexibility index (Phi) is 5.10. The molecule has 0 spiro atoms. The number of alkyl halides is 3. The first-order chi connectivity index (χ1) is 14.3. The van der Waals surface area contributed by atoms with E-state index < -0.39 is 17.6 Å². The normalized spacial score (nSPS) is 18.8. The second kappa shape index (κ2) is 7.60. The molecule has 0 aliphatic heterocycles. The highest BCUT2D eigenvalue weighted by Crippen LogP contribution is 2.35. The minimum absolute atomic E-state index is 0.0724. The van der Waals surface area contributed by atoms with Crippen LogP contribution in [0.4, 0.5) is 17.6 Å². The van der Waals surface area contributed by atoms with E-state index in [0.717, 1.165) is 12.1 Å². The molecule has 1 aromatic carbocycles. The molecule has 30 heavy (non-hydrogen) atoms. The number of carbonyl (C=O) groups is 1. The number of aliphatic hydroxyl groups is 1. The molecule has 2 heterocycles. The van der Waals surface area contributed by atoms with Crippen LogP contribution in [0.5, 0.6) is 5.75 Å². The molecule has 2 aromatic heterocycles. The van der Waals surface area contributed by atoms with Gasteiger partial charge in [0.2, 0.25) is 0 Å². The SMILES string of the molecule is O=C(N[C@H]1C[C@H](Oc2ccc(F)c(C(F)(F)F)c2)C1)c1cnc2c(CO)cccn12. The maximum Gasteiger partial charge on any atom is 0.419 e. The van der Waals surface area contributed by atoms with E-state index in [1.54, 1.807) is 22.7 Å². The van der Waals surface area contributed by atoms with Gasteiger partial charge in [0.15, 0.2) is 0 Å². The molecule has 1 amide bonds. The maximum atomic E-state index is 13.4. The van der Waals surface area contributed by atoms with Gasteiger partial charge >= 0.3 is 6.18 Å². The average molecular weight is 423 g/mol. The molecule has 1 aliphatic carbocycles.